The highest BCUT2D eigenvalue weighted by molar-refractivity contribution is 5.98. The van der Waals surface area contributed by atoms with Gasteiger partial charge in [-0.3, -0.25) is 9.48 Å². The number of anilines is 2. The van der Waals surface area contributed by atoms with Gasteiger partial charge in [-0.25, -0.2) is 0 Å². The number of nitrogens with one attached hydrogen (secondary N) is 1. The highest BCUT2D eigenvalue weighted by Crippen LogP contribution is 2.29. The third-order valence-corrected chi connectivity index (χ3v) is 3.54. The molecule has 1 saturated heterocycles. The van der Waals surface area contributed by atoms with Gasteiger partial charge in [0.05, 0.1) is 29.8 Å². The lowest BCUT2D eigenvalue weighted by molar-refractivity contribution is -0.117. The number of carbonyl (C=O) groups excluding carboxylic acids is 1. The topological polar surface area (TPSA) is 63.1 Å². The zero-order valence-electron chi connectivity index (χ0n) is 11.4. The maximum Gasteiger partial charge on any atom is 0.227 e. The minimum absolute atomic E-state index is 0.196. The molecular weight excluding hydrogens is 254 g/mol. The zero-order chi connectivity index (χ0) is 13.9. The van der Waals surface area contributed by atoms with Gasteiger partial charge >= 0.3 is 0 Å². The van der Waals surface area contributed by atoms with E-state index in [0.717, 1.165) is 30.0 Å². The van der Waals surface area contributed by atoms with Crippen molar-refractivity contribution in [1.82, 2.24) is 15.0 Å². The molecule has 1 N–H and O–H groups in total. The van der Waals surface area contributed by atoms with E-state index in [4.69, 9.17) is 0 Å². The summed E-state index contributed by atoms with van der Waals surface area (Å²) in [5.41, 5.74) is 2.90. The molecule has 1 aromatic heterocycles. The molecule has 104 valence electrons. The van der Waals surface area contributed by atoms with Gasteiger partial charge in [0.25, 0.3) is 0 Å². The Labute approximate surface area is 117 Å². The van der Waals surface area contributed by atoms with E-state index in [1.54, 1.807) is 10.9 Å². The summed E-state index contributed by atoms with van der Waals surface area (Å²) in [6.45, 7) is 1.42. The van der Waals surface area contributed by atoms with Crippen molar-refractivity contribution in [1.29, 1.82) is 0 Å². The molecule has 0 aliphatic carbocycles. The molecule has 3 rings (SSSR count). The van der Waals surface area contributed by atoms with Crippen LogP contribution in [0.5, 0.6) is 0 Å². The molecule has 0 atom stereocenters. The molecule has 1 fully saturated rings. The van der Waals surface area contributed by atoms with Crippen molar-refractivity contribution >= 4 is 17.3 Å². The molecular formula is C14H17N5O. The van der Waals surface area contributed by atoms with Crippen molar-refractivity contribution in [2.75, 3.05) is 16.8 Å². The van der Waals surface area contributed by atoms with Crippen LogP contribution in [0.2, 0.25) is 0 Å². The lowest BCUT2D eigenvalue weighted by Gasteiger charge is -2.20. The minimum atomic E-state index is 0.196. The van der Waals surface area contributed by atoms with E-state index in [1.807, 2.05) is 36.2 Å². The number of amides is 1. The highest BCUT2D eigenvalue weighted by atomic mass is 16.2. The highest BCUT2D eigenvalue weighted by Gasteiger charge is 2.23. The first kappa shape index (κ1) is 12.7. The fraction of sp³-hybridized carbons (Fsp3) is 0.357. The van der Waals surface area contributed by atoms with E-state index < -0.39 is 0 Å². The van der Waals surface area contributed by atoms with Crippen molar-refractivity contribution in [3.8, 4) is 0 Å². The third-order valence-electron chi connectivity index (χ3n) is 3.54. The second-order valence-corrected chi connectivity index (χ2v) is 4.87. The lowest BCUT2D eigenvalue weighted by atomic mass is 10.2. The Morgan fingerprint density at radius 1 is 1.35 bits per heavy atom. The SMILES string of the molecule is Cn1nncc1CNc1ccccc1N1CCCC1=O. The third kappa shape index (κ3) is 2.36. The predicted octanol–water partition coefficient (Wildman–Crippen LogP) is 1.55. The molecule has 6 heteroatoms. The van der Waals surface area contributed by atoms with Crippen molar-refractivity contribution < 1.29 is 4.79 Å². The molecule has 1 aliphatic rings. The first-order chi connectivity index (χ1) is 9.75. The average Bonchev–Trinajstić information content (AvgIpc) is 3.06. The number of hydrogen-bond acceptors (Lipinski definition) is 4. The standard InChI is InChI=1S/C14H17N5O/c1-18-11(10-16-17-18)9-15-12-5-2-3-6-13(12)19-8-4-7-14(19)20/h2-3,5-6,10,15H,4,7-9H2,1H3. The summed E-state index contributed by atoms with van der Waals surface area (Å²) in [5, 5.41) is 11.1. The average molecular weight is 271 g/mol. The number of carbonyl (C=O) groups is 1. The van der Waals surface area contributed by atoms with Gasteiger partial charge in [0.15, 0.2) is 0 Å². The summed E-state index contributed by atoms with van der Waals surface area (Å²) in [5.74, 6) is 0.196. The van der Waals surface area contributed by atoms with E-state index in [2.05, 4.69) is 15.6 Å². The summed E-state index contributed by atoms with van der Waals surface area (Å²) in [7, 11) is 1.86. The summed E-state index contributed by atoms with van der Waals surface area (Å²) >= 11 is 0. The molecule has 2 heterocycles. The van der Waals surface area contributed by atoms with Gasteiger partial charge < -0.3 is 10.2 Å². The largest absolute Gasteiger partial charge is 0.378 e. The second kappa shape index (κ2) is 5.32. The van der Waals surface area contributed by atoms with Crippen LogP contribution in [0, 0.1) is 0 Å². The van der Waals surface area contributed by atoms with Gasteiger partial charge in [0.2, 0.25) is 5.91 Å². The quantitative estimate of drug-likeness (QED) is 0.916. The van der Waals surface area contributed by atoms with Gasteiger partial charge in [0, 0.05) is 20.0 Å². The number of aromatic nitrogens is 3. The van der Waals surface area contributed by atoms with Gasteiger partial charge in [0.1, 0.15) is 0 Å². The summed E-state index contributed by atoms with van der Waals surface area (Å²) in [6.07, 6.45) is 3.30. The molecule has 20 heavy (non-hydrogen) atoms. The fourth-order valence-corrected chi connectivity index (χ4v) is 2.42. The Morgan fingerprint density at radius 2 is 2.20 bits per heavy atom. The van der Waals surface area contributed by atoms with Crippen LogP contribution in [0.15, 0.2) is 30.5 Å². The Morgan fingerprint density at radius 3 is 2.90 bits per heavy atom. The van der Waals surface area contributed by atoms with Crippen molar-refractivity contribution in [2.24, 2.45) is 7.05 Å². The van der Waals surface area contributed by atoms with Gasteiger partial charge in [-0.15, -0.1) is 5.10 Å². The van der Waals surface area contributed by atoms with E-state index in [-0.39, 0.29) is 5.91 Å². The van der Waals surface area contributed by atoms with Crippen LogP contribution in [0.4, 0.5) is 11.4 Å². The summed E-state index contributed by atoms with van der Waals surface area (Å²) in [6, 6.07) is 7.89. The van der Waals surface area contributed by atoms with Crippen molar-refractivity contribution in [3.63, 3.8) is 0 Å². The van der Waals surface area contributed by atoms with Crippen LogP contribution in [0.1, 0.15) is 18.5 Å². The van der Waals surface area contributed by atoms with Gasteiger partial charge in [-0.1, -0.05) is 17.3 Å². The second-order valence-electron chi connectivity index (χ2n) is 4.87. The molecule has 1 amide bonds. The molecule has 1 aromatic carbocycles. The number of aryl methyl sites for hydroxylation is 1. The Hall–Kier alpha value is -2.37. The molecule has 0 bridgehead atoms. The molecule has 0 unspecified atom stereocenters. The van der Waals surface area contributed by atoms with Crippen LogP contribution in [0.25, 0.3) is 0 Å². The molecule has 6 nitrogen and oxygen atoms in total. The number of rotatable bonds is 4. The molecule has 1 aliphatic heterocycles. The van der Waals surface area contributed by atoms with Gasteiger partial charge in [-0.2, -0.15) is 0 Å². The van der Waals surface area contributed by atoms with Crippen LogP contribution in [-0.4, -0.2) is 27.4 Å². The fourth-order valence-electron chi connectivity index (χ4n) is 2.42. The van der Waals surface area contributed by atoms with E-state index in [1.165, 1.54) is 0 Å². The molecule has 0 saturated carbocycles. The number of nitrogens with zero attached hydrogens (tertiary/aromatic N) is 4. The summed E-state index contributed by atoms with van der Waals surface area (Å²) in [4.78, 5) is 13.7. The van der Waals surface area contributed by atoms with Crippen LogP contribution < -0.4 is 10.2 Å². The Bertz CT molecular complexity index is 622. The van der Waals surface area contributed by atoms with Crippen molar-refractivity contribution in [3.05, 3.63) is 36.2 Å². The smallest absolute Gasteiger partial charge is 0.227 e. The first-order valence-electron chi connectivity index (χ1n) is 6.72. The number of hydrogen-bond donors (Lipinski definition) is 1. The van der Waals surface area contributed by atoms with Crippen LogP contribution in [-0.2, 0) is 18.4 Å². The molecule has 2 aromatic rings. The maximum atomic E-state index is 11.9. The maximum absolute atomic E-state index is 11.9. The summed E-state index contributed by atoms with van der Waals surface area (Å²) < 4.78 is 1.73. The van der Waals surface area contributed by atoms with Crippen LogP contribution in [0.3, 0.4) is 0 Å². The number of para-hydroxylation sites is 2. The van der Waals surface area contributed by atoms with E-state index in [0.29, 0.717) is 13.0 Å². The zero-order valence-corrected chi connectivity index (χ0v) is 11.4. The Kier molecular flexibility index (Phi) is 3.37. The monoisotopic (exact) mass is 271 g/mol. The number of benzene rings is 1. The van der Waals surface area contributed by atoms with Crippen molar-refractivity contribution in [2.45, 2.75) is 19.4 Å². The Balaban J connectivity index is 1.79. The lowest BCUT2D eigenvalue weighted by Crippen LogP contribution is -2.24. The van der Waals surface area contributed by atoms with E-state index in [9.17, 15) is 4.79 Å². The predicted molar refractivity (Wildman–Crippen MR) is 76.4 cm³/mol. The van der Waals surface area contributed by atoms with Crippen LogP contribution >= 0.6 is 0 Å². The first-order valence-corrected chi connectivity index (χ1v) is 6.72. The minimum Gasteiger partial charge on any atom is -0.378 e. The van der Waals surface area contributed by atoms with Gasteiger partial charge in [-0.05, 0) is 18.6 Å². The van der Waals surface area contributed by atoms with E-state index >= 15 is 0 Å². The molecule has 0 spiro atoms. The molecule has 0 radical (unpaired) electrons. The normalized spacial score (nSPS) is 14.8.